The molecule has 2 aromatic rings. The number of aryl methyl sites for hydroxylation is 2. The maximum absolute atomic E-state index is 13.3. The minimum atomic E-state index is -0.192. The minimum absolute atomic E-state index is 0.145. The number of rotatable bonds is 7. The zero-order valence-corrected chi connectivity index (χ0v) is 18.6. The molecule has 1 unspecified atom stereocenters. The molecule has 2 heterocycles. The van der Waals surface area contributed by atoms with Crippen LogP contribution in [0.1, 0.15) is 54.1 Å². The van der Waals surface area contributed by atoms with E-state index < -0.39 is 0 Å². The summed E-state index contributed by atoms with van der Waals surface area (Å²) in [5, 5.41) is 0. The molecule has 0 aliphatic carbocycles. The molecular formula is C24H32N2O4. The normalized spacial score (nSPS) is 16.2. The first-order valence-corrected chi connectivity index (χ1v) is 10.6. The number of likely N-dealkylation sites (tertiary alicyclic amines) is 1. The van der Waals surface area contributed by atoms with Gasteiger partial charge in [-0.15, -0.1) is 0 Å². The fourth-order valence-corrected chi connectivity index (χ4v) is 4.01. The lowest BCUT2D eigenvalue weighted by atomic mass is 9.97. The Morgan fingerprint density at radius 1 is 1.20 bits per heavy atom. The lowest BCUT2D eigenvalue weighted by molar-refractivity contribution is 0.0787. The number of benzene rings is 1. The number of ether oxygens (including phenoxy) is 2. The molecule has 3 rings (SSSR count). The van der Waals surface area contributed by atoms with E-state index in [4.69, 9.17) is 9.47 Å². The highest BCUT2D eigenvalue weighted by atomic mass is 16.5. The molecule has 1 aliphatic rings. The van der Waals surface area contributed by atoms with Crippen molar-refractivity contribution in [1.29, 1.82) is 0 Å². The van der Waals surface area contributed by atoms with Crippen LogP contribution in [0.5, 0.6) is 11.5 Å². The first-order chi connectivity index (χ1) is 14.3. The summed E-state index contributed by atoms with van der Waals surface area (Å²) < 4.78 is 12.6. The summed E-state index contributed by atoms with van der Waals surface area (Å²) in [7, 11) is 3.29. The molecule has 1 fully saturated rings. The number of methoxy groups -OCH3 is 2. The molecule has 1 aliphatic heterocycles. The second-order valence-electron chi connectivity index (χ2n) is 8.40. The lowest BCUT2D eigenvalue weighted by Crippen LogP contribution is -2.36. The van der Waals surface area contributed by atoms with Crippen molar-refractivity contribution in [2.45, 2.75) is 46.1 Å². The molecule has 1 saturated heterocycles. The highest BCUT2D eigenvalue weighted by Gasteiger charge is 2.32. The van der Waals surface area contributed by atoms with E-state index in [0.717, 1.165) is 35.5 Å². The van der Waals surface area contributed by atoms with Gasteiger partial charge in [-0.05, 0) is 55.5 Å². The summed E-state index contributed by atoms with van der Waals surface area (Å²) in [6, 6.07) is 7.61. The molecule has 1 aromatic carbocycles. The molecule has 0 spiro atoms. The summed E-state index contributed by atoms with van der Waals surface area (Å²) in [4.78, 5) is 28.1. The molecule has 0 N–H and O–H groups in total. The van der Waals surface area contributed by atoms with E-state index in [2.05, 4.69) is 13.8 Å². The van der Waals surface area contributed by atoms with Crippen LogP contribution in [0, 0.1) is 12.8 Å². The number of amides is 1. The first-order valence-electron chi connectivity index (χ1n) is 10.6. The molecule has 1 atom stereocenters. The van der Waals surface area contributed by atoms with E-state index in [1.54, 1.807) is 29.9 Å². The molecule has 0 bridgehead atoms. The average Bonchev–Trinajstić information content (AvgIpc) is 3.22. The monoisotopic (exact) mass is 412 g/mol. The zero-order valence-electron chi connectivity index (χ0n) is 18.6. The van der Waals surface area contributed by atoms with Crippen LogP contribution in [-0.4, -0.2) is 42.7 Å². The summed E-state index contributed by atoms with van der Waals surface area (Å²) in [6.07, 6.45) is 3.52. The van der Waals surface area contributed by atoms with Crippen molar-refractivity contribution in [1.82, 2.24) is 9.47 Å². The highest BCUT2D eigenvalue weighted by molar-refractivity contribution is 5.95. The second-order valence-corrected chi connectivity index (χ2v) is 8.40. The Kier molecular flexibility index (Phi) is 6.85. The smallest absolute Gasteiger partial charge is 0.263 e. The molecule has 30 heavy (non-hydrogen) atoms. The third-order valence-electron chi connectivity index (χ3n) is 5.89. The SMILES string of the molecule is COc1ccc(OC)c(C2CCN(C(=O)c3c(C)ccn(CCC(C)C)c3=O)C2)c1. The Hall–Kier alpha value is -2.76. The van der Waals surface area contributed by atoms with E-state index >= 15 is 0 Å². The molecule has 0 saturated carbocycles. The molecular weight excluding hydrogens is 380 g/mol. The van der Waals surface area contributed by atoms with Gasteiger partial charge in [0.2, 0.25) is 0 Å². The van der Waals surface area contributed by atoms with Crippen molar-refractivity contribution in [2.24, 2.45) is 5.92 Å². The summed E-state index contributed by atoms with van der Waals surface area (Å²) in [5.41, 5.74) is 1.86. The highest BCUT2D eigenvalue weighted by Crippen LogP contribution is 2.36. The minimum Gasteiger partial charge on any atom is -0.497 e. The Morgan fingerprint density at radius 2 is 1.97 bits per heavy atom. The van der Waals surface area contributed by atoms with Gasteiger partial charge in [-0.25, -0.2) is 0 Å². The van der Waals surface area contributed by atoms with Gasteiger partial charge in [0.1, 0.15) is 17.1 Å². The Balaban J connectivity index is 1.83. The van der Waals surface area contributed by atoms with E-state index in [0.29, 0.717) is 31.1 Å². The van der Waals surface area contributed by atoms with Gasteiger partial charge in [-0.2, -0.15) is 0 Å². The number of carbonyl (C=O) groups excluding carboxylic acids is 1. The molecule has 6 nitrogen and oxygen atoms in total. The first kappa shape index (κ1) is 21.9. The van der Waals surface area contributed by atoms with E-state index in [1.807, 2.05) is 31.2 Å². The van der Waals surface area contributed by atoms with Crippen molar-refractivity contribution in [3.63, 3.8) is 0 Å². The van der Waals surface area contributed by atoms with Crippen LogP contribution in [0.4, 0.5) is 0 Å². The van der Waals surface area contributed by atoms with Crippen molar-refractivity contribution in [3.8, 4) is 11.5 Å². The summed E-state index contributed by atoms with van der Waals surface area (Å²) in [5.74, 6) is 2.02. The molecule has 162 valence electrons. The van der Waals surface area contributed by atoms with E-state index in [-0.39, 0.29) is 17.4 Å². The maximum Gasteiger partial charge on any atom is 0.263 e. The fourth-order valence-electron chi connectivity index (χ4n) is 4.01. The van der Waals surface area contributed by atoms with Crippen LogP contribution in [0.25, 0.3) is 0 Å². The van der Waals surface area contributed by atoms with Crippen LogP contribution in [0.2, 0.25) is 0 Å². The predicted molar refractivity (Wildman–Crippen MR) is 118 cm³/mol. The lowest BCUT2D eigenvalue weighted by Gasteiger charge is -2.20. The van der Waals surface area contributed by atoms with Gasteiger partial charge >= 0.3 is 0 Å². The third kappa shape index (κ3) is 4.53. The van der Waals surface area contributed by atoms with E-state index in [9.17, 15) is 9.59 Å². The largest absolute Gasteiger partial charge is 0.497 e. The van der Waals surface area contributed by atoms with Crippen LogP contribution in [-0.2, 0) is 6.54 Å². The van der Waals surface area contributed by atoms with Crippen LogP contribution >= 0.6 is 0 Å². The van der Waals surface area contributed by atoms with Gasteiger partial charge in [-0.3, -0.25) is 9.59 Å². The average molecular weight is 413 g/mol. The standard InChI is InChI=1S/C24H32N2O4/c1-16(2)8-11-25-12-9-17(3)22(23(25)27)24(28)26-13-10-18(15-26)20-14-19(29-4)6-7-21(20)30-5/h6-7,9,12,14,16,18H,8,10-11,13,15H2,1-5H3. The van der Waals surface area contributed by atoms with Crippen LogP contribution in [0.15, 0.2) is 35.3 Å². The number of hydrogen-bond acceptors (Lipinski definition) is 4. The van der Waals surface area contributed by atoms with Gasteiger partial charge in [0, 0.05) is 37.3 Å². The quantitative estimate of drug-likeness (QED) is 0.693. The molecule has 0 radical (unpaired) electrons. The number of hydrogen-bond donors (Lipinski definition) is 0. The third-order valence-corrected chi connectivity index (χ3v) is 5.89. The maximum atomic E-state index is 13.3. The van der Waals surface area contributed by atoms with Gasteiger partial charge < -0.3 is 18.9 Å². The van der Waals surface area contributed by atoms with Crippen LogP contribution < -0.4 is 15.0 Å². The van der Waals surface area contributed by atoms with Gasteiger partial charge in [-0.1, -0.05) is 13.8 Å². The Morgan fingerprint density at radius 3 is 2.63 bits per heavy atom. The van der Waals surface area contributed by atoms with Crippen molar-refractivity contribution in [2.75, 3.05) is 27.3 Å². The van der Waals surface area contributed by atoms with Crippen LogP contribution in [0.3, 0.4) is 0 Å². The Bertz CT molecular complexity index is 964. The predicted octanol–water partition coefficient (Wildman–Crippen LogP) is 3.85. The topological polar surface area (TPSA) is 60.8 Å². The summed E-state index contributed by atoms with van der Waals surface area (Å²) >= 11 is 0. The fraction of sp³-hybridized carbons (Fsp3) is 0.500. The molecule has 1 aromatic heterocycles. The number of carbonyl (C=O) groups is 1. The second kappa shape index (κ2) is 9.37. The van der Waals surface area contributed by atoms with Gasteiger partial charge in [0.15, 0.2) is 0 Å². The van der Waals surface area contributed by atoms with Crippen molar-refractivity contribution >= 4 is 5.91 Å². The number of aromatic nitrogens is 1. The zero-order chi connectivity index (χ0) is 21.8. The summed E-state index contributed by atoms with van der Waals surface area (Å²) in [6.45, 7) is 7.89. The van der Waals surface area contributed by atoms with Crippen molar-refractivity contribution < 1.29 is 14.3 Å². The van der Waals surface area contributed by atoms with Crippen molar-refractivity contribution in [3.05, 3.63) is 57.5 Å². The molecule has 1 amide bonds. The van der Waals surface area contributed by atoms with Gasteiger partial charge in [0.05, 0.1) is 14.2 Å². The number of pyridine rings is 1. The molecule has 6 heteroatoms. The van der Waals surface area contributed by atoms with E-state index in [1.165, 1.54) is 0 Å². The van der Waals surface area contributed by atoms with Gasteiger partial charge in [0.25, 0.3) is 11.5 Å². The number of nitrogens with zero attached hydrogens (tertiary/aromatic N) is 2. The Labute approximate surface area is 178 Å².